The maximum absolute atomic E-state index is 11.0. The molecule has 1 amide bonds. The van der Waals surface area contributed by atoms with Crippen molar-refractivity contribution < 1.29 is 9.53 Å². The first-order valence-electron chi connectivity index (χ1n) is 4.18. The summed E-state index contributed by atoms with van der Waals surface area (Å²) >= 11 is 12.8. The molecule has 0 unspecified atom stereocenters. The molecule has 0 spiro atoms. The third-order valence-corrected chi connectivity index (χ3v) is 3.20. The van der Waals surface area contributed by atoms with Crippen LogP contribution in [0.5, 0.6) is 0 Å². The zero-order valence-corrected chi connectivity index (χ0v) is 10.2. The first kappa shape index (κ1) is 12.5. The molecule has 82 valence electrons. The summed E-state index contributed by atoms with van der Waals surface area (Å²) in [4.78, 5) is 11.6. The molecule has 0 aliphatic carbocycles. The van der Waals surface area contributed by atoms with E-state index in [1.54, 1.807) is 25.1 Å². The number of halogens is 2. The largest absolute Gasteiger partial charge is 0.449 e. The van der Waals surface area contributed by atoms with Crippen molar-refractivity contribution >= 4 is 41.2 Å². The van der Waals surface area contributed by atoms with Crippen LogP contribution in [0.1, 0.15) is 6.92 Å². The van der Waals surface area contributed by atoms with Crippen LogP contribution in [0.2, 0.25) is 10.0 Å². The molecule has 1 N–H and O–H groups in total. The highest BCUT2D eigenvalue weighted by Gasteiger charge is 2.08. The van der Waals surface area contributed by atoms with E-state index < -0.39 is 6.09 Å². The molecule has 0 bridgehead atoms. The van der Waals surface area contributed by atoms with Crippen molar-refractivity contribution in [3.05, 3.63) is 28.2 Å². The molecule has 0 aliphatic rings. The van der Waals surface area contributed by atoms with Crippen LogP contribution in [0, 0.1) is 0 Å². The van der Waals surface area contributed by atoms with Crippen molar-refractivity contribution in [2.24, 2.45) is 0 Å². The predicted molar refractivity (Wildman–Crippen MR) is 62.5 cm³/mol. The maximum atomic E-state index is 11.0. The highest BCUT2D eigenvalue weighted by atomic mass is 35.5. The molecule has 15 heavy (non-hydrogen) atoms. The summed E-state index contributed by atoms with van der Waals surface area (Å²) in [5, 5.41) is 0.980. The summed E-state index contributed by atoms with van der Waals surface area (Å²) in [5.41, 5.74) is 0. The molecule has 0 saturated carbocycles. The molecule has 0 aliphatic heterocycles. The van der Waals surface area contributed by atoms with Gasteiger partial charge >= 0.3 is 6.09 Å². The molecule has 0 fully saturated rings. The van der Waals surface area contributed by atoms with Gasteiger partial charge in [0.1, 0.15) is 0 Å². The van der Waals surface area contributed by atoms with Gasteiger partial charge < -0.3 is 4.74 Å². The van der Waals surface area contributed by atoms with Crippen molar-refractivity contribution in [1.82, 2.24) is 4.72 Å². The van der Waals surface area contributed by atoms with E-state index in [1.165, 1.54) is 0 Å². The Kier molecular flexibility index (Phi) is 5.08. The second-order valence-corrected chi connectivity index (χ2v) is 4.11. The van der Waals surface area contributed by atoms with E-state index in [9.17, 15) is 4.79 Å². The standard InChI is InChI=1S/C9H9Cl2NO2S/c1-2-14-9(13)12-15-8-6(10)4-3-5-7(8)11/h3-5H,2H2,1H3,(H,12,13). The van der Waals surface area contributed by atoms with Crippen LogP contribution in [0.25, 0.3) is 0 Å². The average molecular weight is 266 g/mol. The lowest BCUT2D eigenvalue weighted by Gasteiger charge is -2.07. The number of benzene rings is 1. The average Bonchev–Trinajstić information content (AvgIpc) is 2.17. The molecule has 3 nitrogen and oxygen atoms in total. The second-order valence-electron chi connectivity index (χ2n) is 2.48. The molecule has 0 heterocycles. The van der Waals surface area contributed by atoms with E-state index >= 15 is 0 Å². The van der Waals surface area contributed by atoms with Gasteiger partial charge in [-0.1, -0.05) is 29.3 Å². The summed E-state index contributed by atoms with van der Waals surface area (Å²) in [5.74, 6) is 0. The van der Waals surface area contributed by atoms with Crippen LogP contribution >= 0.6 is 35.1 Å². The SMILES string of the molecule is CCOC(=O)NSc1c(Cl)cccc1Cl. The third kappa shape index (κ3) is 3.81. The highest BCUT2D eigenvalue weighted by molar-refractivity contribution is 7.98. The Balaban J connectivity index is 2.61. The second kappa shape index (κ2) is 6.10. The summed E-state index contributed by atoms with van der Waals surface area (Å²) < 4.78 is 7.15. The fourth-order valence-corrected chi connectivity index (χ4v) is 2.04. The molecule has 0 atom stereocenters. The van der Waals surface area contributed by atoms with E-state index in [0.717, 1.165) is 11.9 Å². The first-order valence-corrected chi connectivity index (χ1v) is 5.76. The molecule has 0 saturated heterocycles. The van der Waals surface area contributed by atoms with Crippen LogP contribution in [0.3, 0.4) is 0 Å². The molecule has 1 rings (SSSR count). The minimum absolute atomic E-state index is 0.322. The Morgan fingerprint density at radius 1 is 1.47 bits per heavy atom. The molecule has 0 radical (unpaired) electrons. The van der Waals surface area contributed by atoms with E-state index in [-0.39, 0.29) is 0 Å². The number of ether oxygens (including phenoxy) is 1. The van der Waals surface area contributed by atoms with Crippen molar-refractivity contribution in [1.29, 1.82) is 0 Å². The number of carbonyl (C=O) groups excluding carboxylic acids is 1. The maximum Gasteiger partial charge on any atom is 0.417 e. The quantitative estimate of drug-likeness (QED) is 0.847. The van der Waals surface area contributed by atoms with Crippen molar-refractivity contribution in [3.63, 3.8) is 0 Å². The Bertz CT molecular complexity index is 340. The Morgan fingerprint density at radius 2 is 2.07 bits per heavy atom. The highest BCUT2D eigenvalue weighted by Crippen LogP contribution is 2.31. The number of nitrogens with one attached hydrogen (secondary N) is 1. The smallest absolute Gasteiger partial charge is 0.417 e. The van der Waals surface area contributed by atoms with E-state index in [0.29, 0.717) is 21.5 Å². The number of hydrogen-bond donors (Lipinski definition) is 1. The van der Waals surface area contributed by atoms with Gasteiger partial charge in [0, 0.05) is 0 Å². The lowest BCUT2D eigenvalue weighted by Crippen LogP contribution is -2.16. The van der Waals surface area contributed by atoms with Crippen LogP contribution in [0.15, 0.2) is 23.1 Å². The Hall–Kier alpha value is -0.580. The normalized spacial score (nSPS) is 9.80. The van der Waals surface area contributed by atoms with Gasteiger partial charge in [0.15, 0.2) is 0 Å². The molecule has 6 heteroatoms. The van der Waals surface area contributed by atoms with Gasteiger partial charge in [-0.25, -0.2) is 4.79 Å². The predicted octanol–water partition coefficient (Wildman–Crippen LogP) is 3.75. The zero-order valence-electron chi connectivity index (χ0n) is 7.92. The fourth-order valence-electron chi connectivity index (χ4n) is 0.833. The number of rotatable bonds is 3. The van der Waals surface area contributed by atoms with Gasteiger partial charge in [0.25, 0.3) is 0 Å². The van der Waals surface area contributed by atoms with Gasteiger partial charge in [0.2, 0.25) is 0 Å². The van der Waals surface area contributed by atoms with Crippen molar-refractivity contribution in [3.8, 4) is 0 Å². The minimum Gasteiger partial charge on any atom is -0.449 e. The monoisotopic (exact) mass is 265 g/mol. The Labute approximate surface area is 102 Å². The number of amides is 1. The van der Waals surface area contributed by atoms with Crippen LogP contribution < -0.4 is 4.72 Å². The minimum atomic E-state index is -0.515. The summed E-state index contributed by atoms with van der Waals surface area (Å²) in [7, 11) is 0. The number of hydrogen-bond acceptors (Lipinski definition) is 3. The third-order valence-electron chi connectivity index (χ3n) is 1.43. The van der Waals surface area contributed by atoms with Gasteiger partial charge in [-0.3, -0.25) is 4.72 Å². The number of carbonyl (C=O) groups is 1. The Morgan fingerprint density at radius 3 is 2.60 bits per heavy atom. The summed E-state index contributed by atoms with van der Waals surface area (Å²) in [6.07, 6.45) is -0.515. The topological polar surface area (TPSA) is 38.3 Å². The molecular weight excluding hydrogens is 257 g/mol. The van der Waals surface area contributed by atoms with E-state index in [1.807, 2.05) is 0 Å². The zero-order chi connectivity index (χ0) is 11.3. The van der Waals surface area contributed by atoms with Gasteiger partial charge in [-0.05, 0) is 31.0 Å². The van der Waals surface area contributed by atoms with Gasteiger partial charge in [-0.2, -0.15) is 0 Å². The van der Waals surface area contributed by atoms with Crippen LogP contribution in [-0.4, -0.2) is 12.7 Å². The summed E-state index contributed by atoms with van der Waals surface area (Å²) in [6.45, 7) is 2.05. The molecular formula is C9H9Cl2NO2S. The van der Waals surface area contributed by atoms with E-state index in [2.05, 4.69) is 9.46 Å². The lowest BCUT2D eigenvalue weighted by molar-refractivity contribution is 0.159. The van der Waals surface area contributed by atoms with Crippen molar-refractivity contribution in [2.75, 3.05) is 6.61 Å². The van der Waals surface area contributed by atoms with Crippen LogP contribution in [0.4, 0.5) is 4.79 Å². The summed E-state index contributed by atoms with van der Waals surface area (Å²) in [6, 6.07) is 5.13. The lowest BCUT2D eigenvalue weighted by atomic mass is 10.4. The molecule has 1 aromatic carbocycles. The van der Waals surface area contributed by atoms with Gasteiger partial charge in [0.05, 0.1) is 21.5 Å². The van der Waals surface area contributed by atoms with Gasteiger partial charge in [-0.15, -0.1) is 0 Å². The molecule has 0 aromatic heterocycles. The molecule has 1 aromatic rings. The van der Waals surface area contributed by atoms with Crippen LogP contribution in [-0.2, 0) is 4.74 Å². The van der Waals surface area contributed by atoms with Crippen molar-refractivity contribution in [2.45, 2.75) is 11.8 Å². The fraction of sp³-hybridized carbons (Fsp3) is 0.222. The first-order chi connectivity index (χ1) is 7.15. The van der Waals surface area contributed by atoms with E-state index in [4.69, 9.17) is 23.2 Å².